The first-order chi connectivity index (χ1) is 7.61. The lowest BCUT2D eigenvalue weighted by Gasteiger charge is -1.94. The molecule has 0 amide bonds. The SMILES string of the molecule is CC(=O)C(=C/C=C/c1ccccc1)C(C)=O. The third-order valence-corrected chi connectivity index (χ3v) is 2.11. The number of Topliss-reactive ketones (excluding diaryl/α,β-unsaturated/α-hetero) is 2. The standard InChI is InChI=1S/C14H14O2/c1-11(15)14(12(2)16)10-6-9-13-7-4-3-5-8-13/h3-10H,1-2H3/b9-6+. The molecule has 0 unspecified atom stereocenters. The summed E-state index contributed by atoms with van der Waals surface area (Å²) in [5, 5.41) is 0. The van der Waals surface area contributed by atoms with Gasteiger partial charge in [-0.15, -0.1) is 0 Å². The molecule has 0 bridgehead atoms. The summed E-state index contributed by atoms with van der Waals surface area (Å²) in [4.78, 5) is 22.2. The molecule has 0 aliphatic heterocycles. The van der Waals surface area contributed by atoms with Crippen molar-refractivity contribution < 1.29 is 9.59 Å². The molecule has 82 valence electrons. The molecule has 0 N–H and O–H groups in total. The molecule has 2 nitrogen and oxygen atoms in total. The van der Waals surface area contributed by atoms with Crippen LogP contribution in [0, 0.1) is 0 Å². The fourth-order valence-corrected chi connectivity index (χ4v) is 1.30. The summed E-state index contributed by atoms with van der Waals surface area (Å²) in [5.74, 6) is -0.407. The number of allylic oxidation sites excluding steroid dienone is 3. The molecule has 0 atom stereocenters. The Balaban J connectivity index is 2.82. The Hall–Kier alpha value is -1.96. The van der Waals surface area contributed by atoms with Crippen LogP contribution in [-0.2, 0) is 9.59 Å². The number of hydrogen-bond acceptors (Lipinski definition) is 2. The second-order valence-corrected chi connectivity index (χ2v) is 3.46. The van der Waals surface area contributed by atoms with Gasteiger partial charge in [-0.2, -0.15) is 0 Å². The number of hydrogen-bond donors (Lipinski definition) is 0. The molecule has 1 aromatic rings. The lowest BCUT2D eigenvalue weighted by Crippen LogP contribution is -2.05. The lowest BCUT2D eigenvalue weighted by molar-refractivity contribution is -0.119. The van der Waals surface area contributed by atoms with E-state index in [-0.39, 0.29) is 17.1 Å². The average molecular weight is 214 g/mol. The van der Waals surface area contributed by atoms with E-state index in [4.69, 9.17) is 0 Å². The zero-order valence-corrected chi connectivity index (χ0v) is 9.44. The largest absolute Gasteiger partial charge is 0.294 e. The number of rotatable bonds is 4. The van der Waals surface area contributed by atoms with Gasteiger partial charge in [0.15, 0.2) is 11.6 Å². The first-order valence-corrected chi connectivity index (χ1v) is 5.06. The van der Waals surface area contributed by atoms with Crippen molar-refractivity contribution in [2.24, 2.45) is 0 Å². The van der Waals surface area contributed by atoms with E-state index in [1.54, 1.807) is 12.2 Å². The molecule has 1 aromatic carbocycles. The van der Waals surface area contributed by atoms with Crippen molar-refractivity contribution in [3.8, 4) is 0 Å². The molecule has 0 saturated carbocycles. The predicted octanol–water partition coefficient (Wildman–Crippen LogP) is 2.80. The van der Waals surface area contributed by atoms with Crippen molar-refractivity contribution in [1.82, 2.24) is 0 Å². The van der Waals surface area contributed by atoms with Gasteiger partial charge in [0.25, 0.3) is 0 Å². The van der Waals surface area contributed by atoms with Crippen LogP contribution in [0.1, 0.15) is 19.4 Å². The fourth-order valence-electron chi connectivity index (χ4n) is 1.30. The maximum absolute atomic E-state index is 11.1. The monoisotopic (exact) mass is 214 g/mol. The number of benzene rings is 1. The smallest absolute Gasteiger partial charge is 0.163 e. The molecule has 0 aliphatic carbocycles. The summed E-state index contributed by atoms with van der Waals surface area (Å²) >= 11 is 0. The van der Waals surface area contributed by atoms with Crippen molar-refractivity contribution in [2.75, 3.05) is 0 Å². The van der Waals surface area contributed by atoms with E-state index >= 15 is 0 Å². The van der Waals surface area contributed by atoms with Gasteiger partial charge in [0.05, 0.1) is 5.57 Å². The number of carbonyl (C=O) groups excluding carboxylic acids is 2. The molecule has 16 heavy (non-hydrogen) atoms. The number of ketones is 2. The Morgan fingerprint density at radius 3 is 2.06 bits per heavy atom. The van der Waals surface area contributed by atoms with Crippen LogP contribution in [0.5, 0.6) is 0 Å². The average Bonchev–Trinajstić information content (AvgIpc) is 2.24. The molecule has 0 fully saturated rings. The van der Waals surface area contributed by atoms with Crippen molar-refractivity contribution in [1.29, 1.82) is 0 Å². The summed E-state index contributed by atoms with van der Waals surface area (Å²) in [6.45, 7) is 2.78. The lowest BCUT2D eigenvalue weighted by atomic mass is 10.1. The summed E-state index contributed by atoms with van der Waals surface area (Å²) < 4.78 is 0. The van der Waals surface area contributed by atoms with Crippen molar-refractivity contribution in [2.45, 2.75) is 13.8 Å². The normalized spacial score (nSPS) is 10.1. The van der Waals surface area contributed by atoms with Crippen molar-refractivity contribution in [3.63, 3.8) is 0 Å². The molecule has 1 rings (SSSR count). The minimum absolute atomic E-state index is 0.204. The molecule has 0 aliphatic rings. The first kappa shape index (κ1) is 12.1. The van der Waals surface area contributed by atoms with Crippen LogP contribution in [0.4, 0.5) is 0 Å². The third-order valence-electron chi connectivity index (χ3n) is 2.11. The summed E-state index contributed by atoms with van der Waals surface area (Å²) in [7, 11) is 0. The zero-order chi connectivity index (χ0) is 12.0. The first-order valence-electron chi connectivity index (χ1n) is 5.06. The van der Waals surface area contributed by atoms with Gasteiger partial charge in [-0.3, -0.25) is 9.59 Å². The molecule has 0 spiro atoms. The van der Waals surface area contributed by atoms with E-state index in [9.17, 15) is 9.59 Å². The maximum Gasteiger partial charge on any atom is 0.163 e. The molecule has 0 aromatic heterocycles. The summed E-state index contributed by atoms with van der Waals surface area (Å²) in [6, 6.07) is 9.70. The van der Waals surface area contributed by atoms with Gasteiger partial charge in [0.1, 0.15) is 0 Å². The Labute approximate surface area is 95.3 Å². The van der Waals surface area contributed by atoms with E-state index in [2.05, 4.69) is 0 Å². The van der Waals surface area contributed by atoms with Crippen LogP contribution >= 0.6 is 0 Å². The van der Waals surface area contributed by atoms with Gasteiger partial charge >= 0.3 is 0 Å². The van der Waals surface area contributed by atoms with Crippen LogP contribution in [0.2, 0.25) is 0 Å². The number of carbonyl (C=O) groups is 2. The molecule has 0 saturated heterocycles. The predicted molar refractivity (Wildman–Crippen MR) is 64.9 cm³/mol. The van der Waals surface area contributed by atoms with Crippen molar-refractivity contribution >= 4 is 17.6 Å². The maximum atomic E-state index is 11.1. The van der Waals surface area contributed by atoms with Crippen LogP contribution < -0.4 is 0 Å². The minimum atomic E-state index is -0.204. The highest BCUT2D eigenvalue weighted by atomic mass is 16.1. The van der Waals surface area contributed by atoms with Gasteiger partial charge in [0.2, 0.25) is 0 Å². The zero-order valence-electron chi connectivity index (χ0n) is 9.44. The van der Waals surface area contributed by atoms with Crippen LogP contribution in [0.3, 0.4) is 0 Å². The van der Waals surface area contributed by atoms with E-state index in [1.165, 1.54) is 13.8 Å². The van der Waals surface area contributed by atoms with Gasteiger partial charge < -0.3 is 0 Å². The molecule has 2 heteroatoms. The quantitative estimate of drug-likeness (QED) is 0.334. The van der Waals surface area contributed by atoms with Crippen molar-refractivity contribution in [3.05, 3.63) is 53.6 Å². The van der Waals surface area contributed by atoms with Gasteiger partial charge in [-0.25, -0.2) is 0 Å². The van der Waals surface area contributed by atoms with Crippen LogP contribution in [0.25, 0.3) is 6.08 Å². The Bertz CT molecular complexity index is 423. The van der Waals surface area contributed by atoms with E-state index in [0.29, 0.717) is 0 Å². The molecular weight excluding hydrogens is 200 g/mol. The van der Waals surface area contributed by atoms with Crippen LogP contribution in [-0.4, -0.2) is 11.6 Å². The summed E-state index contributed by atoms with van der Waals surface area (Å²) in [5.41, 5.74) is 1.26. The van der Waals surface area contributed by atoms with E-state index < -0.39 is 0 Å². The van der Waals surface area contributed by atoms with E-state index in [0.717, 1.165) is 5.56 Å². The second kappa shape index (κ2) is 5.81. The molecule has 0 heterocycles. The van der Waals surface area contributed by atoms with Gasteiger partial charge in [-0.1, -0.05) is 42.5 Å². The Morgan fingerprint density at radius 2 is 1.56 bits per heavy atom. The fraction of sp³-hybridized carbons (Fsp3) is 0.143. The third kappa shape index (κ3) is 3.65. The van der Waals surface area contributed by atoms with Gasteiger partial charge in [0, 0.05) is 0 Å². The molecular formula is C14H14O2. The van der Waals surface area contributed by atoms with Crippen LogP contribution in [0.15, 0.2) is 48.1 Å². The van der Waals surface area contributed by atoms with E-state index in [1.807, 2.05) is 36.4 Å². The molecule has 0 radical (unpaired) electrons. The summed E-state index contributed by atoms with van der Waals surface area (Å²) in [6.07, 6.45) is 5.12. The highest BCUT2D eigenvalue weighted by Gasteiger charge is 2.06. The minimum Gasteiger partial charge on any atom is -0.294 e. The highest BCUT2D eigenvalue weighted by molar-refractivity contribution is 6.18. The Kier molecular flexibility index (Phi) is 4.40. The Morgan fingerprint density at radius 1 is 1.00 bits per heavy atom. The van der Waals surface area contributed by atoms with Gasteiger partial charge in [-0.05, 0) is 25.5 Å². The highest BCUT2D eigenvalue weighted by Crippen LogP contribution is 2.03. The topological polar surface area (TPSA) is 34.1 Å². The second-order valence-electron chi connectivity index (χ2n) is 3.46.